The van der Waals surface area contributed by atoms with Gasteiger partial charge in [-0.05, 0) is 61.0 Å². The lowest BCUT2D eigenvalue weighted by Gasteiger charge is -2.28. The minimum absolute atomic E-state index is 0.137. The van der Waals surface area contributed by atoms with E-state index in [1.807, 2.05) is 4.57 Å². The summed E-state index contributed by atoms with van der Waals surface area (Å²) in [6.07, 6.45) is -0.624. The van der Waals surface area contributed by atoms with Gasteiger partial charge in [0.25, 0.3) is 0 Å². The molecule has 150 valence electrons. The minimum Gasteiger partial charge on any atom is -0.444 e. The number of alkyl carbamates (subject to hydrolysis) is 1. The highest BCUT2D eigenvalue weighted by atomic mass is 79.9. The quantitative estimate of drug-likeness (QED) is 0.774. The maximum atomic E-state index is 13.2. The molecule has 0 unspecified atom stereocenters. The summed E-state index contributed by atoms with van der Waals surface area (Å²) in [5.74, 6) is 0.209. The van der Waals surface area contributed by atoms with E-state index in [0.29, 0.717) is 25.3 Å². The fourth-order valence-corrected chi connectivity index (χ4v) is 3.57. The van der Waals surface area contributed by atoms with Crippen LogP contribution in [0.4, 0.5) is 9.18 Å². The zero-order valence-corrected chi connectivity index (χ0v) is 17.5. The highest BCUT2D eigenvalue weighted by molar-refractivity contribution is 9.10. The molecule has 1 aliphatic heterocycles. The van der Waals surface area contributed by atoms with Gasteiger partial charge in [0.15, 0.2) is 0 Å². The molecule has 1 N–H and O–H groups in total. The number of fused-ring (bicyclic) bond motifs is 1. The Morgan fingerprint density at radius 2 is 1.93 bits per heavy atom. The first kappa shape index (κ1) is 20.3. The normalized spacial score (nSPS) is 13.8. The molecule has 28 heavy (non-hydrogen) atoms. The largest absolute Gasteiger partial charge is 0.444 e. The van der Waals surface area contributed by atoms with Crippen molar-refractivity contribution in [2.75, 3.05) is 13.1 Å². The summed E-state index contributed by atoms with van der Waals surface area (Å²) >= 11 is 3.56. The topological polar surface area (TPSA) is 76.5 Å². The number of amides is 2. The average molecular weight is 453 g/mol. The Bertz CT molecular complexity index is 890. The summed E-state index contributed by atoms with van der Waals surface area (Å²) in [6, 6.07) is 6.11. The first-order valence-corrected chi connectivity index (χ1v) is 9.69. The number of nitrogens with zero attached hydrogens (tertiary/aromatic N) is 3. The molecular formula is C19H22BrFN4O3. The van der Waals surface area contributed by atoms with Crippen molar-refractivity contribution in [1.82, 2.24) is 19.8 Å². The molecule has 2 heterocycles. The predicted molar refractivity (Wildman–Crippen MR) is 105 cm³/mol. The number of rotatable bonds is 3. The molecule has 0 bridgehead atoms. The van der Waals surface area contributed by atoms with Gasteiger partial charge in [-0.2, -0.15) is 0 Å². The van der Waals surface area contributed by atoms with Crippen molar-refractivity contribution >= 4 is 27.9 Å². The lowest BCUT2D eigenvalue weighted by atomic mass is 10.2. The molecule has 3 rings (SSSR count). The Balaban J connectivity index is 1.66. The average Bonchev–Trinajstić information content (AvgIpc) is 2.95. The van der Waals surface area contributed by atoms with Gasteiger partial charge in [-0.15, -0.1) is 0 Å². The zero-order chi connectivity index (χ0) is 20.5. The lowest BCUT2D eigenvalue weighted by Crippen LogP contribution is -2.44. The molecule has 0 atom stereocenters. The number of imidazole rings is 1. The van der Waals surface area contributed by atoms with Crippen molar-refractivity contribution in [1.29, 1.82) is 0 Å². The highest BCUT2D eigenvalue weighted by Gasteiger charge is 2.26. The SMILES string of the molecule is CC(C)(C)OC(=O)NCC(=O)N1CCn2c(nc(-c3ccc(F)cc3)c2Br)C1. The van der Waals surface area contributed by atoms with Gasteiger partial charge in [-0.1, -0.05) is 0 Å². The van der Waals surface area contributed by atoms with E-state index >= 15 is 0 Å². The predicted octanol–water partition coefficient (Wildman–Crippen LogP) is 3.32. The third-order valence-corrected chi connectivity index (χ3v) is 4.97. The molecular weight excluding hydrogens is 431 g/mol. The van der Waals surface area contributed by atoms with Crippen LogP contribution in [0.5, 0.6) is 0 Å². The van der Waals surface area contributed by atoms with E-state index in [1.165, 1.54) is 12.1 Å². The summed E-state index contributed by atoms with van der Waals surface area (Å²) in [6.45, 7) is 6.54. The molecule has 7 nitrogen and oxygen atoms in total. The molecule has 1 aromatic carbocycles. The molecule has 0 fully saturated rings. The van der Waals surface area contributed by atoms with E-state index in [4.69, 9.17) is 4.74 Å². The van der Waals surface area contributed by atoms with Gasteiger partial charge in [0.1, 0.15) is 34.1 Å². The maximum Gasteiger partial charge on any atom is 0.408 e. The van der Waals surface area contributed by atoms with Crippen molar-refractivity contribution in [2.45, 2.75) is 39.5 Å². The number of halogens is 2. The van der Waals surface area contributed by atoms with E-state index in [1.54, 1.807) is 37.8 Å². The molecule has 0 radical (unpaired) electrons. The van der Waals surface area contributed by atoms with Crippen LogP contribution < -0.4 is 5.32 Å². The number of ether oxygens (including phenoxy) is 1. The zero-order valence-electron chi connectivity index (χ0n) is 16.0. The van der Waals surface area contributed by atoms with Gasteiger partial charge in [-0.25, -0.2) is 14.2 Å². The fraction of sp³-hybridized carbons (Fsp3) is 0.421. The Morgan fingerprint density at radius 1 is 1.25 bits per heavy atom. The van der Waals surface area contributed by atoms with Crippen molar-refractivity contribution in [2.24, 2.45) is 0 Å². The molecule has 0 aliphatic carbocycles. The second-order valence-corrected chi connectivity index (χ2v) is 8.25. The number of aromatic nitrogens is 2. The van der Waals surface area contributed by atoms with E-state index in [2.05, 4.69) is 26.2 Å². The van der Waals surface area contributed by atoms with Crippen LogP contribution in [0.3, 0.4) is 0 Å². The van der Waals surface area contributed by atoms with Crippen LogP contribution in [-0.4, -0.2) is 45.1 Å². The number of carbonyl (C=O) groups is 2. The Hall–Kier alpha value is -2.42. The first-order chi connectivity index (χ1) is 13.1. The van der Waals surface area contributed by atoms with E-state index < -0.39 is 11.7 Å². The number of hydrogen-bond donors (Lipinski definition) is 1. The smallest absolute Gasteiger partial charge is 0.408 e. The molecule has 0 spiro atoms. The molecule has 0 saturated heterocycles. The standard InChI is InChI=1S/C19H22BrFN4O3/c1-19(2,3)28-18(27)22-10-15(26)24-8-9-25-14(11-24)23-16(17(25)20)12-4-6-13(21)7-5-12/h4-7H,8-11H2,1-3H3,(H,22,27). The maximum absolute atomic E-state index is 13.2. The first-order valence-electron chi connectivity index (χ1n) is 8.89. The summed E-state index contributed by atoms with van der Waals surface area (Å²) in [5, 5.41) is 2.48. The summed E-state index contributed by atoms with van der Waals surface area (Å²) in [7, 11) is 0. The van der Waals surface area contributed by atoms with Crippen molar-refractivity contribution in [3.05, 3.63) is 40.5 Å². The minimum atomic E-state index is -0.624. The van der Waals surface area contributed by atoms with Crippen LogP contribution in [0.2, 0.25) is 0 Å². The number of benzene rings is 1. The van der Waals surface area contributed by atoms with Gasteiger partial charge in [0.05, 0.1) is 6.54 Å². The lowest BCUT2D eigenvalue weighted by molar-refractivity contribution is -0.131. The van der Waals surface area contributed by atoms with Gasteiger partial charge < -0.3 is 19.5 Å². The molecule has 0 saturated carbocycles. The second kappa shape index (κ2) is 7.90. The van der Waals surface area contributed by atoms with Crippen LogP contribution in [0, 0.1) is 5.82 Å². The number of carbonyl (C=O) groups excluding carboxylic acids is 2. The fourth-order valence-electron chi connectivity index (χ4n) is 2.87. The number of nitrogens with one attached hydrogen (secondary N) is 1. The van der Waals surface area contributed by atoms with Crippen molar-refractivity contribution in [3.8, 4) is 11.3 Å². The molecule has 2 aromatic rings. The van der Waals surface area contributed by atoms with Crippen LogP contribution in [0.15, 0.2) is 28.9 Å². The second-order valence-electron chi connectivity index (χ2n) is 7.50. The van der Waals surface area contributed by atoms with E-state index in [9.17, 15) is 14.0 Å². The van der Waals surface area contributed by atoms with Gasteiger partial charge in [0.2, 0.25) is 5.91 Å². The van der Waals surface area contributed by atoms with Gasteiger partial charge in [-0.3, -0.25) is 4.79 Å². The van der Waals surface area contributed by atoms with Crippen LogP contribution in [0.25, 0.3) is 11.3 Å². The van der Waals surface area contributed by atoms with E-state index in [0.717, 1.165) is 16.0 Å². The van der Waals surface area contributed by atoms with Crippen molar-refractivity contribution < 1.29 is 18.7 Å². The number of hydrogen-bond acceptors (Lipinski definition) is 4. The highest BCUT2D eigenvalue weighted by Crippen LogP contribution is 2.31. The van der Waals surface area contributed by atoms with Crippen LogP contribution in [-0.2, 0) is 22.6 Å². The molecule has 1 aliphatic rings. The van der Waals surface area contributed by atoms with E-state index in [-0.39, 0.29) is 18.3 Å². The monoisotopic (exact) mass is 452 g/mol. The van der Waals surface area contributed by atoms with Crippen LogP contribution in [0.1, 0.15) is 26.6 Å². The third-order valence-electron chi connectivity index (χ3n) is 4.16. The molecule has 2 amide bonds. The third kappa shape index (κ3) is 4.70. The molecule has 1 aromatic heterocycles. The Morgan fingerprint density at radius 3 is 2.57 bits per heavy atom. The van der Waals surface area contributed by atoms with Crippen LogP contribution >= 0.6 is 15.9 Å². The summed E-state index contributed by atoms with van der Waals surface area (Å²) < 4.78 is 21.1. The van der Waals surface area contributed by atoms with Crippen molar-refractivity contribution in [3.63, 3.8) is 0 Å². The summed E-state index contributed by atoms with van der Waals surface area (Å²) in [5.41, 5.74) is 0.877. The van der Waals surface area contributed by atoms with Gasteiger partial charge >= 0.3 is 6.09 Å². The molecule has 9 heteroatoms. The Labute approximate surface area is 171 Å². The summed E-state index contributed by atoms with van der Waals surface area (Å²) in [4.78, 5) is 30.4. The van der Waals surface area contributed by atoms with Gasteiger partial charge in [0, 0.05) is 18.7 Å². The Kier molecular flexibility index (Phi) is 5.74.